The maximum Gasteiger partial charge on any atom is 0.307 e. The van der Waals surface area contributed by atoms with Gasteiger partial charge in [0.15, 0.2) is 0 Å². The molecule has 1 aromatic rings. The van der Waals surface area contributed by atoms with Crippen LogP contribution in [0.2, 0.25) is 0 Å². The van der Waals surface area contributed by atoms with Gasteiger partial charge in [0.25, 0.3) is 0 Å². The Labute approximate surface area is 114 Å². The number of aromatic nitrogens is 2. The van der Waals surface area contributed by atoms with Crippen LogP contribution < -0.4 is 11.1 Å². The first-order valence-electron chi connectivity index (χ1n) is 6.08. The molecule has 1 heterocycles. The van der Waals surface area contributed by atoms with Crippen molar-refractivity contribution in [2.75, 3.05) is 5.32 Å². The first-order valence-corrected chi connectivity index (χ1v) is 6.08. The van der Waals surface area contributed by atoms with Crippen LogP contribution in [-0.2, 0) is 20.9 Å². The van der Waals surface area contributed by atoms with E-state index in [-0.39, 0.29) is 12.5 Å². The molecule has 2 unspecified atom stereocenters. The number of hydrogen-bond donors (Lipinski definition) is 3. The second-order valence-corrected chi connectivity index (χ2v) is 5.50. The Morgan fingerprint density at radius 3 is 2.60 bits per heavy atom. The minimum absolute atomic E-state index is 0.0808. The molecule has 1 saturated carbocycles. The molecule has 0 aromatic carbocycles. The molecule has 20 heavy (non-hydrogen) atoms. The van der Waals surface area contributed by atoms with Crippen LogP contribution in [0.1, 0.15) is 13.8 Å². The SMILES string of the molecule is CC1(C)C(C(=O)O)C1C(=O)Nc1cnn(CC(N)=O)c1. The second kappa shape index (κ2) is 4.62. The summed E-state index contributed by atoms with van der Waals surface area (Å²) >= 11 is 0. The summed E-state index contributed by atoms with van der Waals surface area (Å²) in [6, 6.07) is 0. The maximum absolute atomic E-state index is 12.0. The lowest BCUT2D eigenvalue weighted by atomic mass is 10.1. The summed E-state index contributed by atoms with van der Waals surface area (Å²) in [6.45, 7) is 3.40. The lowest BCUT2D eigenvalue weighted by Crippen LogP contribution is -2.19. The summed E-state index contributed by atoms with van der Waals surface area (Å²) in [5.41, 5.74) is 4.88. The first kappa shape index (κ1) is 14.0. The van der Waals surface area contributed by atoms with Crippen LogP contribution in [0.3, 0.4) is 0 Å². The summed E-state index contributed by atoms with van der Waals surface area (Å²) in [5.74, 6) is -3.12. The first-order chi connectivity index (χ1) is 9.23. The zero-order valence-corrected chi connectivity index (χ0v) is 11.2. The monoisotopic (exact) mass is 280 g/mol. The van der Waals surface area contributed by atoms with Crippen LogP contribution in [0.25, 0.3) is 0 Å². The number of carbonyl (C=O) groups excluding carboxylic acids is 2. The van der Waals surface area contributed by atoms with Crippen LogP contribution in [0.5, 0.6) is 0 Å². The highest BCUT2D eigenvalue weighted by molar-refractivity contribution is 5.99. The van der Waals surface area contributed by atoms with E-state index in [1.54, 1.807) is 13.8 Å². The largest absolute Gasteiger partial charge is 0.481 e. The van der Waals surface area contributed by atoms with Gasteiger partial charge in [0.2, 0.25) is 11.8 Å². The summed E-state index contributed by atoms with van der Waals surface area (Å²) < 4.78 is 1.30. The number of rotatable bonds is 5. The van der Waals surface area contributed by atoms with Gasteiger partial charge in [-0.15, -0.1) is 0 Å². The Bertz CT molecular complexity index is 578. The quantitative estimate of drug-likeness (QED) is 0.680. The Hall–Kier alpha value is -2.38. The van der Waals surface area contributed by atoms with Gasteiger partial charge in [-0.25, -0.2) is 0 Å². The second-order valence-electron chi connectivity index (χ2n) is 5.50. The highest BCUT2D eigenvalue weighted by Gasteiger charge is 2.65. The standard InChI is InChI=1S/C12H16N4O4/c1-12(2)8(9(12)11(19)20)10(18)15-6-3-14-16(4-6)5-7(13)17/h3-4,8-9H,5H2,1-2H3,(H2,13,17)(H,15,18)(H,19,20). The fourth-order valence-corrected chi connectivity index (χ4v) is 2.48. The zero-order valence-electron chi connectivity index (χ0n) is 11.2. The predicted molar refractivity (Wildman–Crippen MR) is 68.4 cm³/mol. The fourth-order valence-electron chi connectivity index (χ4n) is 2.48. The van der Waals surface area contributed by atoms with Crippen molar-refractivity contribution in [3.63, 3.8) is 0 Å². The summed E-state index contributed by atoms with van der Waals surface area (Å²) in [4.78, 5) is 33.8. The number of carboxylic acids is 1. The number of amides is 2. The van der Waals surface area contributed by atoms with Crippen molar-refractivity contribution in [3.05, 3.63) is 12.4 Å². The van der Waals surface area contributed by atoms with Crippen molar-refractivity contribution in [2.45, 2.75) is 20.4 Å². The van der Waals surface area contributed by atoms with Gasteiger partial charge in [0, 0.05) is 6.20 Å². The molecular weight excluding hydrogens is 264 g/mol. The number of nitrogens with one attached hydrogen (secondary N) is 1. The third-order valence-electron chi connectivity index (χ3n) is 3.59. The van der Waals surface area contributed by atoms with E-state index in [1.807, 2.05) is 0 Å². The number of anilines is 1. The van der Waals surface area contributed by atoms with Crippen molar-refractivity contribution in [2.24, 2.45) is 23.0 Å². The third kappa shape index (κ3) is 2.49. The molecule has 1 aliphatic carbocycles. The average Bonchev–Trinajstić information content (AvgIpc) is 2.63. The molecule has 4 N–H and O–H groups in total. The molecule has 0 saturated heterocycles. The van der Waals surface area contributed by atoms with Gasteiger partial charge in [0.1, 0.15) is 6.54 Å². The fraction of sp³-hybridized carbons (Fsp3) is 0.500. The van der Waals surface area contributed by atoms with Gasteiger partial charge >= 0.3 is 5.97 Å². The molecule has 8 heteroatoms. The van der Waals surface area contributed by atoms with E-state index in [0.717, 1.165) is 0 Å². The van der Waals surface area contributed by atoms with E-state index in [2.05, 4.69) is 10.4 Å². The van der Waals surface area contributed by atoms with Gasteiger partial charge in [0.05, 0.1) is 23.7 Å². The highest BCUT2D eigenvalue weighted by atomic mass is 16.4. The normalized spacial score (nSPS) is 23.1. The molecule has 0 radical (unpaired) electrons. The molecule has 0 spiro atoms. The van der Waals surface area contributed by atoms with Gasteiger partial charge < -0.3 is 16.2 Å². The molecule has 1 aliphatic rings. The lowest BCUT2D eigenvalue weighted by Gasteiger charge is -2.03. The molecule has 108 valence electrons. The van der Waals surface area contributed by atoms with Gasteiger partial charge in [-0.3, -0.25) is 19.1 Å². The Kier molecular flexibility index (Phi) is 3.24. The van der Waals surface area contributed by atoms with E-state index in [0.29, 0.717) is 5.69 Å². The molecule has 1 aromatic heterocycles. The molecule has 2 rings (SSSR count). The van der Waals surface area contributed by atoms with Crippen LogP contribution in [0.4, 0.5) is 5.69 Å². The van der Waals surface area contributed by atoms with Gasteiger partial charge in [-0.1, -0.05) is 13.8 Å². The minimum Gasteiger partial charge on any atom is -0.481 e. The number of hydrogen-bond acceptors (Lipinski definition) is 4. The van der Waals surface area contributed by atoms with Crippen LogP contribution in [-0.4, -0.2) is 32.7 Å². The Morgan fingerprint density at radius 2 is 2.10 bits per heavy atom. The smallest absolute Gasteiger partial charge is 0.307 e. The Morgan fingerprint density at radius 1 is 1.45 bits per heavy atom. The van der Waals surface area contributed by atoms with E-state index >= 15 is 0 Å². The number of carboxylic acid groups (broad SMARTS) is 1. The third-order valence-corrected chi connectivity index (χ3v) is 3.59. The zero-order chi connectivity index (χ0) is 15.1. The predicted octanol–water partition coefficient (Wildman–Crippen LogP) is -0.336. The van der Waals surface area contributed by atoms with Crippen LogP contribution in [0.15, 0.2) is 12.4 Å². The topological polar surface area (TPSA) is 127 Å². The summed E-state index contributed by atoms with van der Waals surface area (Å²) in [5, 5.41) is 15.5. The number of nitrogens with two attached hydrogens (primary N) is 1. The van der Waals surface area contributed by atoms with Crippen molar-refractivity contribution in [3.8, 4) is 0 Å². The van der Waals surface area contributed by atoms with Crippen molar-refractivity contribution < 1.29 is 19.5 Å². The maximum atomic E-state index is 12.0. The average molecular weight is 280 g/mol. The molecule has 1 fully saturated rings. The van der Waals surface area contributed by atoms with E-state index in [4.69, 9.17) is 10.8 Å². The van der Waals surface area contributed by atoms with Gasteiger partial charge in [-0.2, -0.15) is 5.10 Å². The molecule has 0 aliphatic heterocycles. The minimum atomic E-state index is -0.973. The highest BCUT2D eigenvalue weighted by Crippen LogP contribution is 2.58. The number of primary amides is 1. The number of aliphatic carboxylic acids is 1. The molecule has 2 atom stereocenters. The summed E-state index contributed by atoms with van der Waals surface area (Å²) in [6.07, 6.45) is 2.85. The van der Waals surface area contributed by atoms with E-state index in [9.17, 15) is 14.4 Å². The lowest BCUT2D eigenvalue weighted by molar-refractivity contribution is -0.140. The van der Waals surface area contributed by atoms with E-state index < -0.39 is 29.1 Å². The molecule has 0 bridgehead atoms. The van der Waals surface area contributed by atoms with Crippen LogP contribution in [0, 0.1) is 17.3 Å². The molecular formula is C12H16N4O4. The van der Waals surface area contributed by atoms with Crippen molar-refractivity contribution >= 4 is 23.5 Å². The summed E-state index contributed by atoms with van der Waals surface area (Å²) in [7, 11) is 0. The number of nitrogens with zero attached hydrogens (tertiary/aromatic N) is 2. The van der Waals surface area contributed by atoms with Crippen molar-refractivity contribution in [1.82, 2.24) is 9.78 Å². The van der Waals surface area contributed by atoms with E-state index in [1.165, 1.54) is 17.1 Å². The van der Waals surface area contributed by atoms with Gasteiger partial charge in [-0.05, 0) is 5.41 Å². The Balaban J connectivity index is 2.01. The van der Waals surface area contributed by atoms with Crippen LogP contribution >= 0.6 is 0 Å². The molecule has 8 nitrogen and oxygen atoms in total. The van der Waals surface area contributed by atoms with Crippen molar-refractivity contribution in [1.29, 1.82) is 0 Å². The molecule has 2 amide bonds. The number of carbonyl (C=O) groups is 3.